The van der Waals surface area contributed by atoms with Crippen molar-refractivity contribution in [3.63, 3.8) is 0 Å². The molecule has 0 heterocycles. The molecule has 25 heavy (non-hydrogen) atoms. The standard InChI is InChI=1S/C17H23ClN2O5/c1-5-11(2)19-16(23)20-14(21)10-24-15(22)17(3,4)25-13-8-6-12(18)7-9-13/h6-9,11H,5,10H2,1-4H3,(H2,19,20,21,23)/t11-/m0/s1. The summed E-state index contributed by atoms with van der Waals surface area (Å²) in [5, 5.41) is 5.20. The Hall–Kier alpha value is -2.28. The zero-order valence-corrected chi connectivity index (χ0v) is 15.5. The second-order valence-electron chi connectivity index (χ2n) is 5.97. The van der Waals surface area contributed by atoms with Crippen molar-refractivity contribution in [2.75, 3.05) is 6.61 Å². The number of hydrogen-bond acceptors (Lipinski definition) is 5. The summed E-state index contributed by atoms with van der Waals surface area (Å²) < 4.78 is 10.5. The quantitative estimate of drug-likeness (QED) is 0.719. The first kappa shape index (κ1) is 20.8. The van der Waals surface area contributed by atoms with Crippen molar-refractivity contribution in [2.24, 2.45) is 0 Å². The number of benzene rings is 1. The van der Waals surface area contributed by atoms with Gasteiger partial charge in [-0.1, -0.05) is 18.5 Å². The van der Waals surface area contributed by atoms with Crippen molar-refractivity contribution in [2.45, 2.75) is 45.8 Å². The molecule has 0 unspecified atom stereocenters. The number of urea groups is 1. The van der Waals surface area contributed by atoms with Crippen molar-refractivity contribution in [1.29, 1.82) is 0 Å². The minimum atomic E-state index is -1.31. The molecule has 0 aliphatic heterocycles. The number of imide groups is 1. The molecule has 0 aliphatic rings. The van der Waals surface area contributed by atoms with Crippen LogP contribution in [-0.2, 0) is 14.3 Å². The molecule has 0 spiro atoms. The number of amides is 3. The van der Waals surface area contributed by atoms with Gasteiger partial charge in [0, 0.05) is 11.1 Å². The molecule has 1 rings (SSSR count). The molecular weight excluding hydrogens is 348 g/mol. The Morgan fingerprint density at radius 1 is 1.20 bits per heavy atom. The highest BCUT2D eigenvalue weighted by Crippen LogP contribution is 2.21. The van der Waals surface area contributed by atoms with Crippen molar-refractivity contribution < 1.29 is 23.9 Å². The molecule has 0 aromatic heterocycles. The highest BCUT2D eigenvalue weighted by Gasteiger charge is 2.32. The highest BCUT2D eigenvalue weighted by molar-refractivity contribution is 6.30. The second kappa shape index (κ2) is 9.27. The third kappa shape index (κ3) is 7.43. The molecule has 8 heteroatoms. The van der Waals surface area contributed by atoms with Crippen LogP contribution >= 0.6 is 11.6 Å². The Morgan fingerprint density at radius 3 is 2.36 bits per heavy atom. The van der Waals surface area contributed by atoms with Gasteiger partial charge in [0.15, 0.2) is 12.2 Å². The van der Waals surface area contributed by atoms with Crippen LogP contribution < -0.4 is 15.4 Å². The first-order valence-corrected chi connectivity index (χ1v) is 8.24. The van der Waals surface area contributed by atoms with Gasteiger partial charge in [-0.25, -0.2) is 9.59 Å². The molecule has 1 aromatic rings. The van der Waals surface area contributed by atoms with Gasteiger partial charge >= 0.3 is 12.0 Å². The Morgan fingerprint density at radius 2 is 1.80 bits per heavy atom. The first-order valence-electron chi connectivity index (χ1n) is 7.86. The normalized spacial score (nSPS) is 12.0. The summed E-state index contributed by atoms with van der Waals surface area (Å²) in [5.74, 6) is -1.03. The summed E-state index contributed by atoms with van der Waals surface area (Å²) >= 11 is 5.79. The van der Waals surface area contributed by atoms with Crippen LogP contribution in [0.5, 0.6) is 5.75 Å². The molecule has 0 bridgehead atoms. The van der Waals surface area contributed by atoms with Crippen molar-refractivity contribution in [3.05, 3.63) is 29.3 Å². The second-order valence-corrected chi connectivity index (χ2v) is 6.41. The maximum atomic E-state index is 12.1. The SMILES string of the molecule is CC[C@H](C)NC(=O)NC(=O)COC(=O)C(C)(C)Oc1ccc(Cl)cc1. The fourth-order valence-corrected chi connectivity index (χ4v) is 1.79. The largest absolute Gasteiger partial charge is 0.476 e. The smallest absolute Gasteiger partial charge is 0.350 e. The summed E-state index contributed by atoms with van der Waals surface area (Å²) in [5.41, 5.74) is -1.31. The molecule has 2 N–H and O–H groups in total. The van der Waals surface area contributed by atoms with Gasteiger partial charge in [-0.2, -0.15) is 0 Å². The van der Waals surface area contributed by atoms with E-state index in [0.29, 0.717) is 10.8 Å². The fourth-order valence-electron chi connectivity index (χ4n) is 1.67. The Bertz CT molecular complexity index is 616. The van der Waals surface area contributed by atoms with E-state index in [9.17, 15) is 14.4 Å². The lowest BCUT2D eigenvalue weighted by Gasteiger charge is -2.24. The summed E-state index contributed by atoms with van der Waals surface area (Å²) in [6, 6.07) is 5.78. The lowest BCUT2D eigenvalue weighted by Crippen LogP contribution is -2.46. The Kier molecular flexibility index (Phi) is 7.70. The Balaban J connectivity index is 2.47. The van der Waals surface area contributed by atoms with E-state index in [1.807, 2.05) is 6.92 Å². The van der Waals surface area contributed by atoms with Gasteiger partial charge in [-0.3, -0.25) is 10.1 Å². The third-order valence-electron chi connectivity index (χ3n) is 3.26. The molecule has 1 aromatic carbocycles. The zero-order chi connectivity index (χ0) is 19.0. The average molecular weight is 371 g/mol. The molecule has 0 saturated carbocycles. The number of halogens is 1. The van der Waals surface area contributed by atoms with Crippen LogP contribution in [-0.4, -0.2) is 36.2 Å². The van der Waals surface area contributed by atoms with E-state index < -0.39 is 30.1 Å². The number of ether oxygens (including phenoxy) is 2. The highest BCUT2D eigenvalue weighted by atomic mass is 35.5. The van der Waals surface area contributed by atoms with Crippen LogP contribution in [0.3, 0.4) is 0 Å². The lowest BCUT2D eigenvalue weighted by atomic mass is 10.1. The molecular formula is C17H23ClN2O5. The molecule has 138 valence electrons. The number of nitrogens with one attached hydrogen (secondary N) is 2. The monoisotopic (exact) mass is 370 g/mol. The van der Waals surface area contributed by atoms with E-state index in [-0.39, 0.29) is 6.04 Å². The van der Waals surface area contributed by atoms with Crippen molar-refractivity contribution in [3.8, 4) is 5.75 Å². The molecule has 0 saturated heterocycles. The zero-order valence-electron chi connectivity index (χ0n) is 14.7. The molecule has 0 radical (unpaired) electrons. The van der Waals surface area contributed by atoms with Gasteiger partial charge in [0.25, 0.3) is 5.91 Å². The summed E-state index contributed by atoms with van der Waals surface area (Å²) in [6.45, 7) is 6.15. The van der Waals surface area contributed by atoms with Crippen LogP contribution in [0.15, 0.2) is 24.3 Å². The number of esters is 1. The number of carbonyl (C=O) groups excluding carboxylic acids is 3. The lowest BCUT2D eigenvalue weighted by molar-refractivity contribution is -0.161. The van der Waals surface area contributed by atoms with E-state index in [4.69, 9.17) is 21.1 Å². The third-order valence-corrected chi connectivity index (χ3v) is 3.51. The molecule has 0 fully saturated rings. The van der Waals surface area contributed by atoms with Gasteiger partial charge in [0.1, 0.15) is 5.75 Å². The van der Waals surface area contributed by atoms with Crippen LogP contribution in [0.2, 0.25) is 5.02 Å². The van der Waals surface area contributed by atoms with Gasteiger partial charge < -0.3 is 14.8 Å². The van der Waals surface area contributed by atoms with Crippen LogP contribution in [0.4, 0.5) is 4.79 Å². The molecule has 3 amide bonds. The topological polar surface area (TPSA) is 93.7 Å². The van der Waals surface area contributed by atoms with Crippen molar-refractivity contribution in [1.82, 2.24) is 10.6 Å². The Labute approximate surface area is 152 Å². The van der Waals surface area contributed by atoms with Gasteiger partial charge in [0.2, 0.25) is 0 Å². The minimum absolute atomic E-state index is 0.0675. The summed E-state index contributed by atoms with van der Waals surface area (Å²) in [7, 11) is 0. The fraction of sp³-hybridized carbons (Fsp3) is 0.471. The number of hydrogen-bond donors (Lipinski definition) is 2. The van der Waals surface area contributed by atoms with E-state index in [1.54, 1.807) is 31.2 Å². The maximum Gasteiger partial charge on any atom is 0.350 e. The predicted octanol–water partition coefficient (Wildman–Crippen LogP) is 2.66. The van der Waals surface area contributed by atoms with Crippen LogP contribution in [0.1, 0.15) is 34.1 Å². The minimum Gasteiger partial charge on any atom is -0.476 e. The van der Waals surface area contributed by atoms with Gasteiger partial charge in [-0.15, -0.1) is 0 Å². The van der Waals surface area contributed by atoms with E-state index >= 15 is 0 Å². The van der Waals surface area contributed by atoms with Crippen molar-refractivity contribution >= 4 is 29.5 Å². The summed E-state index contributed by atoms with van der Waals surface area (Å²) in [4.78, 5) is 35.3. The van der Waals surface area contributed by atoms with E-state index in [2.05, 4.69) is 10.6 Å². The average Bonchev–Trinajstić information content (AvgIpc) is 2.54. The first-order chi connectivity index (χ1) is 11.6. The molecule has 1 atom stereocenters. The van der Waals surface area contributed by atoms with Crippen LogP contribution in [0, 0.1) is 0 Å². The van der Waals surface area contributed by atoms with Gasteiger partial charge in [0.05, 0.1) is 0 Å². The predicted molar refractivity (Wildman–Crippen MR) is 93.5 cm³/mol. The molecule has 0 aliphatic carbocycles. The number of carbonyl (C=O) groups is 3. The van der Waals surface area contributed by atoms with Crippen LogP contribution in [0.25, 0.3) is 0 Å². The van der Waals surface area contributed by atoms with Gasteiger partial charge in [-0.05, 0) is 51.5 Å². The number of rotatable bonds is 7. The maximum absolute atomic E-state index is 12.1. The molecule has 7 nitrogen and oxygen atoms in total. The van der Waals surface area contributed by atoms with E-state index in [0.717, 1.165) is 6.42 Å². The summed E-state index contributed by atoms with van der Waals surface area (Å²) in [6.07, 6.45) is 0.729. The van der Waals surface area contributed by atoms with E-state index in [1.165, 1.54) is 13.8 Å².